The quantitative estimate of drug-likeness (QED) is 0.899. The van der Waals surface area contributed by atoms with Crippen LogP contribution < -0.4 is 5.32 Å². The summed E-state index contributed by atoms with van der Waals surface area (Å²) in [5, 5.41) is 13.1. The van der Waals surface area contributed by atoms with E-state index in [1.807, 2.05) is 0 Å². The molecule has 1 aromatic rings. The first-order valence-electron chi connectivity index (χ1n) is 5.82. The predicted octanol–water partition coefficient (Wildman–Crippen LogP) is 2.61. The number of piperazine rings is 1. The van der Waals surface area contributed by atoms with Gasteiger partial charge in [-0.3, -0.25) is 4.90 Å². The van der Waals surface area contributed by atoms with Crippen LogP contribution >= 0.6 is 23.2 Å². The van der Waals surface area contributed by atoms with Crippen molar-refractivity contribution >= 4 is 23.2 Å². The maximum Gasteiger partial charge on any atom is 0.152 e. The van der Waals surface area contributed by atoms with Crippen molar-refractivity contribution in [2.45, 2.75) is 6.04 Å². The lowest BCUT2D eigenvalue weighted by molar-refractivity contribution is 0.147. The summed E-state index contributed by atoms with van der Waals surface area (Å²) in [5.41, 5.74) is 0.701. The monoisotopic (exact) mass is 292 g/mol. The van der Waals surface area contributed by atoms with Crippen LogP contribution in [0.3, 0.4) is 0 Å². The molecule has 0 unspecified atom stereocenters. The summed E-state index contributed by atoms with van der Waals surface area (Å²) in [4.78, 5) is 2.05. The molecule has 0 amide bonds. The molecule has 1 atom stereocenters. The maximum atomic E-state index is 13.3. The average molecular weight is 293 g/mol. The number of phenolic OH excluding ortho intramolecular Hbond substituents is 1. The highest BCUT2D eigenvalue weighted by molar-refractivity contribution is 6.37. The number of phenols is 1. The Labute approximate surface area is 115 Å². The normalized spacial score (nSPS) is 18.8. The SMILES string of the molecule is Oc1c(Cl)cc([C@H](CF)N2CCNCC2)cc1Cl. The second-order valence-corrected chi connectivity index (χ2v) is 5.10. The Hall–Kier alpha value is -0.550. The number of hydrogen-bond acceptors (Lipinski definition) is 3. The van der Waals surface area contributed by atoms with Crippen LogP contribution in [0.15, 0.2) is 12.1 Å². The van der Waals surface area contributed by atoms with Crippen LogP contribution in [0.5, 0.6) is 5.75 Å². The summed E-state index contributed by atoms with van der Waals surface area (Å²) in [6, 6.07) is 2.80. The van der Waals surface area contributed by atoms with E-state index in [9.17, 15) is 9.50 Å². The molecule has 18 heavy (non-hydrogen) atoms. The van der Waals surface area contributed by atoms with Gasteiger partial charge in [-0.1, -0.05) is 23.2 Å². The van der Waals surface area contributed by atoms with Crippen LogP contribution in [0.1, 0.15) is 11.6 Å². The summed E-state index contributed by atoms with van der Waals surface area (Å²) >= 11 is 11.7. The van der Waals surface area contributed by atoms with Crippen molar-refractivity contribution in [3.8, 4) is 5.75 Å². The second kappa shape index (κ2) is 6.06. The molecule has 2 N–H and O–H groups in total. The van der Waals surface area contributed by atoms with Crippen molar-refractivity contribution in [2.24, 2.45) is 0 Å². The van der Waals surface area contributed by atoms with Crippen LogP contribution in [0.4, 0.5) is 4.39 Å². The Morgan fingerprint density at radius 1 is 1.28 bits per heavy atom. The molecule has 0 saturated carbocycles. The molecule has 3 nitrogen and oxygen atoms in total. The maximum absolute atomic E-state index is 13.3. The van der Waals surface area contributed by atoms with Gasteiger partial charge in [0.25, 0.3) is 0 Å². The zero-order valence-electron chi connectivity index (χ0n) is 9.80. The lowest BCUT2D eigenvalue weighted by Gasteiger charge is -2.33. The van der Waals surface area contributed by atoms with E-state index in [0.29, 0.717) is 5.56 Å². The molecule has 1 heterocycles. The van der Waals surface area contributed by atoms with Gasteiger partial charge in [-0.25, -0.2) is 4.39 Å². The number of nitrogens with one attached hydrogen (secondary N) is 1. The van der Waals surface area contributed by atoms with Gasteiger partial charge in [-0.2, -0.15) is 0 Å². The zero-order valence-corrected chi connectivity index (χ0v) is 11.3. The van der Waals surface area contributed by atoms with Gasteiger partial charge in [0.15, 0.2) is 5.75 Å². The molecule has 0 aromatic heterocycles. The lowest BCUT2D eigenvalue weighted by Crippen LogP contribution is -2.45. The average Bonchev–Trinajstić information content (AvgIpc) is 2.38. The van der Waals surface area contributed by atoms with E-state index in [2.05, 4.69) is 10.2 Å². The van der Waals surface area contributed by atoms with E-state index in [1.165, 1.54) is 0 Å². The first-order valence-corrected chi connectivity index (χ1v) is 6.57. The summed E-state index contributed by atoms with van der Waals surface area (Å²) in [7, 11) is 0. The van der Waals surface area contributed by atoms with Crippen LogP contribution in [0, 0.1) is 0 Å². The summed E-state index contributed by atoms with van der Waals surface area (Å²) < 4.78 is 13.3. The van der Waals surface area contributed by atoms with Crippen molar-refractivity contribution in [3.63, 3.8) is 0 Å². The minimum absolute atomic E-state index is 0.153. The zero-order chi connectivity index (χ0) is 13.1. The lowest BCUT2D eigenvalue weighted by atomic mass is 10.1. The Balaban J connectivity index is 2.26. The number of alkyl halides is 1. The summed E-state index contributed by atoms with van der Waals surface area (Å²) in [5.74, 6) is -0.153. The molecule has 2 rings (SSSR count). The van der Waals surface area contributed by atoms with E-state index in [0.717, 1.165) is 26.2 Å². The fourth-order valence-corrected chi connectivity index (χ4v) is 2.67. The molecular weight excluding hydrogens is 278 g/mol. The van der Waals surface area contributed by atoms with Gasteiger partial charge in [-0.15, -0.1) is 0 Å². The molecule has 0 aliphatic carbocycles. The highest BCUT2D eigenvalue weighted by atomic mass is 35.5. The summed E-state index contributed by atoms with van der Waals surface area (Å²) in [6.07, 6.45) is 0. The van der Waals surface area contributed by atoms with Crippen molar-refractivity contribution < 1.29 is 9.50 Å². The van der Waals surface area contributed by atoms with Crippen molar-refractivity contribution in [1.29, 1.82) is 0 Å². The Morgan fingerprint density at radius 2 is 1.83 bits per heavy atom. The van der Waals surface area contributed by atoms with E-state index in [-0.39, 0.29) is 21.8 Å². The second-order valence-electron chi connectivity index (χ2n) is 4.29. The first-order chi connectivity index (χ1) is 8.63. The molecule has 1 aromatic carbocycles. The third-order valence-electron chi connectivity index (χ3n) is 3.16. The predicted molar refractivity (Wildman–Crippen MR) is 71.3 cm³/mol. The molecule has 100 valence electrons. The van der Waals surface area contributed by atoms with E-state index >= 15 is 0 Å². The van der Waals surface area contributed by atoms with Crippen LogP contribution in [-0.2, 0) is 0 Å². The Bertz CT molecular complexity index is 402. The molecule has 1 aliphatic rings. The van der Waals surface area contributed by atoms with Gasteiger partial charge >= 0.3 is 0 Å². The number of hydrogen-bond donors (Lipinski definition) is 2. The molecule has 0 radical (unpaired) electrons. The van der Waals surface area contributed by atoms with E-state index < -0.39 is 6.67 Å². The number of rotatable bonds is 3. The third-order valence-corrected chi connectivity index (χ3v) is 3.74. The van der Waals surface area contributed by atoms with Gasteiger partial charge in [0.05, 0.1) is 16.1 Å². The van der Waals surface area contributed by atoms with Crippen molar-refractivity contribution in [2.75, 3.05) is 32.9 Å². The fraction of sp³-hybridized carbons (Fsp3) is 0.500. The van der Waals surface area contributed by atoms with Gasteiger partial charge in [-0.05, 0) is 17.7 Å². The molecule has 1 saturated heterocycles. The number of aromatic hydroxyl groups is 1. The van der Waals surface area contributed by atoms with Gasteiger partial charge in [0.1, 0.15) is 6.67 Å². The Kier molecular flexibility index (Phi) is 4.67. The molecule has 0 bridgehead atoms. The molecule has 1 fully saturated rings. The van der Waals surface area contributed by atoms with Crippen LogP contribution in [0.25, 0.3) is 0 Å². The molecule has 0 spiro atoms. The van der Waals surface area contributed by atoms with E-state index in [4.69, 9.17) is 23.2 Å². The highest BCUT2D eigenvalue weighted by Crippen LogP contribution is 2.36. The largest absolute Gasteiger partial charge is 0.505 e. The standard InChI is InChI=1S/C12H15Cl2FN2O/c13-9-5-8(6-10(14)12(9)18)11(7-15)17-3-1-16-2-4-17/h5-6,11,16,18H,1-4,7H2/t11-/m0/s1. The minimum atomic E-state index is -0.503. The topological polar surface area (TPSA) is 35.5 Å². The first kappa shape index (κ1) is 13.9. The number of nitrogens with zero attached hydrogens (tertiary/aromatic N) is 1. The van der Waals surface area contributed by atoms with Crippen LogP contribution in [0.2, 0.25) is 10.0 Å². The molecule has 1 aliphatic heterocycles. The van der Waals surface area contributed by atoms with Gasteiger partial charge < -0.3 is 10.4 Å². The smallest absolute Gasteiger partial charge is 0.152 e. The Morgan fingerprint density at radius 3 is 2.33 bits per heavy atom. The minimum Gasteiger partial charge on any atom is -0.505 e. The van der Waals surface area contributed by atoms with E-state index in [1.54, 1.807) is 12.1 Å². The van der Waals surface area contributed by atoms with Gasteiger partial charge in [0, 0.05) is 26.2 Å². The number of halogens is 3. The van der Waals surface area contributed by atoms with Crippen molar-refractivity contribution in [1.82, 2.24) is 10.2 Å². The highest BCUT2D eigenvalue weighted by Gasteiger charge is 2.23. The summed E-state index contributed by atoms with van der Waals surface area (Å²) in [6.45, 7) is 2.75. The van der Waals surface area contributed by atoms with Crippen molar-refractivity contribution in [3.05, 3.63) is 27.7 Å². The van der Waals surface area contributed by atoms with Gasteiger partial charge in [0.2, 0.25) is 0 Å². The third kappa shape index (κ3) is 2.88. The van der Waals surface area contributed by atoms with Crippen LogP contribution in [-0.4, -0.2) is 42.9 Å². The fourth-order valence-electron chi connectivity index (χ4n) is 2.17. The molecule has 6 heteroatoms. The molecular formula is C12H15Cl2FN2O. The number of benzene rings is 1.